The van der Waals surface area contributed by atoms with Gasteiger partial charge in [0.15, 0.2) is 0 Å². The molecule has 1 rings (SSSR count). The minimum absolute atomic E-state index is 0.0546. The highest BCUT2D eigenvalue weighted by Gasteiger charge is 2.38. The molecule has 2 amide bonds. The van der Waals surface area contributed by atoms with E-state index in [-0.39, 0.29) is 24.2 Å². The van der Waals surface area contributed by atoms with E-state index in [1.54, 1.807) is 0 Å². The maximum atomic E-state index is 11.5. The Kier molecular flexibility index (Phi) is 7.04. The van der Waals surface area contributed by atoms with Crippen molar-refractivity contribution in [1.82, 2.24) is 10.6 Å². The summed E-state index contributed by atoms with van der Waals surface area (Å²) in [5, 5.41) is 14.0. The Morgan fingerprint density at radius 2 is 1.75 bits per heavy atom. The summed E-state index contributed by atoms with van der Waals surface area (Å²) in [5.41, 5.74) is 0. The van der Waals surface area contributed by atoms with Crippen LogP contribution in [-0.2, 0) is 14.4 Å². The molecule has 1 aliphatic rings. The topological polar surface area (TPSA) is 95.5 Å². The minimum Gasteiger partial charge on any atom is -0.481 e. The van der Waals surface area contributed by atoms with Crippen LogP contribution in [0.1, 0.15) is 45.4 Å². The van der Waals surface area contributed by atoms with Crippen molar-refractivity contribution in [2.24, 2.45) is 11.8 Å². The van der Waals surface area contributed by atoms with Crippen LogP contribution in [0.15, 0.2) is 0 Å². The van der Waals surface area contributed by atoms with E-state index in [0.717, 1.165) is 19.3 Å². The van der Waals surface area contributed by atoms with E-state index in [9.17, 15) is 14.4 Å². The summed E-state index contributed by atoms with van der Waals surface area (Å²) in [4.78, 5) is 33.2. The van der Waals surface area contributed by atoms with Crippen molar-refractivity contribution in [1.29, 1.82) is 0 Å². The van der Waals surface area contributed by atoms with Crippen LogP contribution in [0, 0.1) is 11.8 Å². The van der Waals surface area contributed by atoms with Gasteiger partial charge in [-0.05, 0) is 25.2 Å². The summed E-state index contributed by atoms with van der Waals surface area (Å²) in [5.74, 6) is -0.178. The van der Waals surface area contributed by atoms with E-state index in [0.29, 0.717) is 31.8 Å². The average molecular weight is 284 g/mol. The number of unbranched alkanes of at least 4 members (excludes halogenated alkanes) is 2. The molecule has 0 aromatic heterocycles. The summed E-state index contributed by atoms with van der Waals surface area (Å²) >= 11 is 0. The van der Waals surface area contributed by atoms with Crippen molar-refractivity contribution in [2.45, 2.75) is 45.4 Å². The van der Waals surface area contributed by atoms with Crippen LogP contribution < -0.4 is 10.6 Å². The predicted octanol–water partition coefficient (Wildman–Crippen LogP) is 0.910. The molecule has 114 valence electrons. The fourth-order valence-electron chi connectivity index (χ4n) is 2.01. The highest BCUT2D eigenvalue weighted by atomic mass is 16.4. The Bertz CT molecular complexity index is 357. The van der Waals surface area contributed by atoms with Gasteiger partial charge in [0.2, 0.25) is 11.8 Å². The van der Waals surface area contributed by atoms with Gasteiger partial charge in [0.25, 0.3) is 0 Å². The third-order valence-electron chi connectivity index (χ3n) is 3.49. The number of amides is 2. The lowest BCUT2D eigenvalue weighted by atomic mass is 10.2. The lowest BCUT2D eigenvalue weighted by Gasteiger charge is -2.06. The molecule has 6 heteroatoms. The molecule has 0 aromatic carbocycles. The monoisotopic (exact) mass is 284 g/mol. The standard InChI is InChI=1S/C14H24N2O4/c1-10-9-11(10)14(20)16-8-6-12(17)15-7-4-2-3-5-13(18)19/h10-11H,2-9H2,1H3,(H,15,17)(H,16,20)(H,18,19). The first-order chi connectivity index (χ1) is 9.50. The third kappa shape index (κ3) is 7.11. The van der Waals surface area contributed by atoms with E-state index in [1.165, 1.54) is 0 Å². The lowest BCUT2D eigenvalue weighted by molar-refractivity contribution is -0.137. The van der Waals surface area contributed by atoms with E-state index in [2.05, 4.69) is 10.6 Å². The largest absolute Gasteiger partial charge is 0.481 e. The second-order valence-corrected chi connectivity index (χ2v) is 5.41. The molecule has 0 aliphatic heterocycles. The average Bonchev–Trinajstić information content (AvgIpc) is 3.10. The van der Waals surface area contributed by atoms with Gasteiger partial charge in [-0.1, -0.05) is 13.3 Å². The van der Waals surface area contributed by atoms with Gasteiger partial charge >= 0.3 is 5.97 Å². The second kappa shape index (κ2) is 8.55. The van der Waals surface area contributed by atoms with Crippen LogP contribution in [0.2, 0.25) is 0 Å². The summed E-state index contributed by atoms with van der Waals surface area (Å²) in [6, 6.07) is 0. The molecule has 0 bridgehead atoms. The molecule has 2 atom stereocenters. The SMILES string of the molecule is CC1CC1C(=O)NCCC(=O)NCCCCCC(=O)O. The van der Waals surface area contributed by atoms with Gasteiger partial charge in [-0.15, -0.1) is 0 Å². The maximum Gasteiger partial charge on any atom is 0.303 e. The molecule has 1 saturated carbocycles. The molecule has 0 spiro atoms. The maximum absolute atomic E-state index is 11.5. The fraction of sp³-hybridized carbons (Fsp3) is 0.786. The molecule has 2 unspecified atom stereocenters. The zero-order chi connectivity index (χ0) is 15.0. The predicted molar refractivity (Wildman–Crippen MR) is 74.0 cm³/mol. The van der Waals surface area contributed by atoms with Crippen LogP contribution in [0.3, 0.4) is 0 Å². The first-order valence-electron chi connectivity index (χ1n) is 7.27. The van der Waals surface area contributed by atoms with Gasteiger partial charge in [0, 0.05) is 31.8 Å². The molecule has 0 saturated heterocycles. The molecule has 0 heterocycles. The summed E-state index contributed by atoms with van der Waals surface area (Å²) in [6.07, 6.45) is 3.64. The number of hydrogen-bond donors (Lipinski definition) is 3. The van der Waals surface area contributed by atoms with Crippen LogP contribution in [0.4, 0.5) is 0 Å². The van der Waals surface area contributed by atoms with Gasteiger partial charge in [-0.3, -0.25) is 14.4 Å². The lowest BCUT2D eigenvalue weighted by Crippen LogP contribution is -2.32. The number of aliphatic carboxylic acids is 1. The number of carbonyl (C=O) groups excluding carboxylic acids is 2. The first kappa shape index (κ1) is 16.5. The van der Waals surface area contributed by atoms with E-state index in [4.69, 9.17) is 5.11 Å². The van der Waals surface area contributed by atoms with Crippen LogP contribution >= 0.6 is 0 Å². The Labute approximate surface area is 119 Å². The molecule has 3 N–H and O–H groups in total. The molecule has 1 fully saturated rings. The summed E-state index contributed by atoms with van der Waals surface area (Å²) in [7, 11) is 0. The summed E-state index contributed by atoms with van der Waals surface area (Å²) in [6.45, 7) is 2.99. The third-order valence-corrected chi connectivity index (χ3v) is 3.49. The molecule has 0 aromatic rings. The van der Waals surface area contributed by atoms with Crippen molar-refractivity contribution < 1.29 is 19.5 Å². The molecular weight excluding hydrogens is 260 g/mol. The van der Waals surface area contributed by atoms with E-state index in [1.807, 2.05) is 6.92 Å². The number of carboxylic acid groups (broad SMARTS) is 1. The Morgan fingerprint density at radius 3 is 2.35 bits per heavy atom. The molecule has 0 radical (unpaired) electrons. The first-order valence-corrected chi connectivity index (χ1v) is 7.27. The molecule has 1 aliphatic carbocycles. The summed E-state index contributed by atoms with van der Waals surface area (Å²) < 4.78 is 0. The van der Waals surface area contributed by atoms with Crippen molar-refractivity contribution in [3.63, 3.8) is 0 Å². The highest BCUT2D eigenvalue weighted by molar-refractivity contribution is 5.82. The zero-order valence-electron chi connectivity index (χ0n) is 12.0. The van der Waals surface area contributed by atoms with Crippen LogP contribution in [0.25, 0.3) is 0 Å². The number of nitrogens with one attached hydrogen (secondary N) is 2. The molecule has 6 nitrogen and oxygen atoms in total. The number of carbonyl (C=O) groups is 3. The normalized spacial score (nSPS) is 20.2. The van der Waals surface area contributed by atoms with Gasteiger partial charge in [-0.25, -0.2) is 0 Å². The zero-order valence-corrected chi connectivity index (χ0v) is 12.0. The molecule has 20 heavy (non-hydrogen) atoms. The van der Waals surface area contributed by atoms with Gasteiger partial charge in [-0.2, -0.15) is 0 Å². The van der Waals surface area contributed by atoms with E-state index < -0.39 is 5.97 Å². The van der Waals surface area contributed by atoms with Crippen LogP contribution in [-0.4, -0.2) is 36.0 Å². The fourth-order valence-corrected chi connectivity index (χ4v) is 2.01. The number of hydrogen-bond acceptors (Lipinski definition) is 3. The van der Waals surface area contributed by atoms with Gasteiger partial charge in [0.05, 0.1) is 0 Å². The minimum atomic E-state index is -0.783. The Balaban J connectivity index is 1.90. The Morgan fingerprint density at radius 1 is 1.05 bits per heavy atom. The van der Waals surface area contributed by atoms with Crippen molar-refractivity contribution in [3.05, 3.63) is 0 Å². The van der Waals surface area contributed by atoms with Crippen molar-refractivity contribution in [2.75, 3.05) is 13.1 Å². The van der Waals surface area contributed by atoms with Gasteiger partial charge < -0.3 is 15.7 Å². The Hall–Kier alpha value is -1.59. The highest BCUT2D eigenvalue weighted by Crippen LogP contribution is 2.37. The van der Waals surface area contributed by atoms with Crippen molar-refractivity contribution >= 4 is 17.8 Å². The van der Waals surface area contributed by atoms with E-state index >= 15 is 0 Å². The molecular formula is C14H24N2O4. The van der Waals surface area contributed by atoms with Crippen LogP contribution in [0.5, 0.6) is 0 Å². The quantitative estimate of drug-likeness (QED) is 0.520. The van der Waals surface area contributed by atoms with Gasteiger partial charge in [0.1, 0.15) is 0 Å². The smallest absolute Gasteiger partial charge is 0.303 e. The van der Waals surface area contributed by atoms with Crippen molar-refractivity contribution in [3.8, 4) is 0 Å². The number of carboxylic acids is 1. The number of rotatable bonds is 10. The second-order valence-electron chi connectivity index (χ2n) is 5.41.